The van der Waals surface area contributed by atoms with Gasteiger partial charge < -0.3 is 13.9 Å². The normalized spacial score (nSPS) is 14.7. The van der Waals surface area contributed by atoms with Crippen molar-refractivity contribution in [2.45, 2.75) is 12.0 Å². The smallest absolute Gasteiger partial charge is 0.227 e. The first-order chi connectivity index (χ1) is 35.2. The lowest BCUT2D eigenvalue weighted by atomic mass is 9.86. The van der Waals surface area contributed by atoms with Gasteiger partial charge in [-0.25, -0.2) is 19.9 Å². The first-order valence-electron chi connectivity index (χ1n) is 24.0. The monoisotopic (exact) mass is 910 g/mol. The maximum Gasteiger partial charge on any atom is 0.227 e. The van der Waals surface area contributed by atoms with Crippen molar-refractivity contribution in [2.75, 3.05) is 4.90 Å². The molecular weight excluding hydrogens is 869 g/mol. The third kappa shape index (κ3) is 6.89. The van der Waals surface area contributed by atoms with E-state index < -0.39 is 0 Å². The summed E-state index contributed by atoms with van der Waals surface area (Å²) in [5.41, 5.74) is 18.1. The molecule has 2 unspecified atom stereocenters. The van der Waals surface area contributed by atoms with Gasteiger partial charge in [-0.15, -0.1) is 0 Å². The SMILES string of the molecule is C1=CC2c3ccccc3N(c3cccc(-c4nc(-c5ccccc5)nc(-c5ccccc5)n4)c3)C2c2c1c1ccccc1n2-c1ccc(-c2ccc(-c3cccc4nc(-c5ccccc5)oc34)cc2)cc1. The lowest BCUT2D eigenvalue weighted by molar-refractivity contribution is 0.621. The molecule has 2 aliphatic rings. The zero-order chi connectivity index (χ0) is 46.8. The molecule has 1 aliphatic carbocycles. The van der Waals surface area contributed by atoms with Gasteiger partial charge in [-0.3, -0.25) is 0 Å². The Morgan fingerprint density at radius 3 is 1.72 bits per heavy atom. The minimum absolute atomic E-state index is 0.0435. The number of oxazole rings is 1. The molecule has 0 amide bonds. The Morgan fingerprint density at radius 2 is 1.00 bits per heavy atom. The summed E-state index contributed by atoms with van der Waals surface area (Å²) in [7, 11) is 0. The van der Waals surface area contributed by atoms with Crippen molar-refractivity contribution in [3.63, 3.8) is 0 Å². The Balaban J connectivity index is 0.846. The lowest BCUT2D eigenvalue weighted by Gasteiger charge is -2.33. The molecule has 0 saturated heterocycles. The Bertz CT molecular complexity index is 3930. The van der Waals surface area contributed by atoms with Gasteiger partial charge in [0.15, 0.2) is 23.1 Å². The molecule has 12 aromatic rings. The lowest BCUT2D eigenvalue weighted by Crippen LogP contribution is -2.26. The number of rotatable bonds is 8. The molecule has 4 heterocycles. The summed E-state index contributed by atoms with van der Waals surface area (Å²) >= 11 is 0. The molecule has 0 fully saturated rings. The molecule has 9 aromatic carbocycles. The van der Waals surface area contributed by atoms with Crippen LogP contribution in [-0.2, 0) is 0 Å². The number of nitrogens with zero attached hydrogens (tertiary/aromatic N) is 6. The van der Waals surface area contributed by atoms with Crippen LogP contribution in [0.1, 0.15) is 28.8 Å². The fraction of sp³-hybridized carbons (Fsp3) is 0.0312. The van der Waals surface area contributed by atoms with Gasteiger partial charge in [-0.1, -0.05) is 188 Å². The Kier molecular flexibility index (Phi) is 9.52. The number of benzene rings is 9. The fourth-order valence-electron chi connectivity index (χ4n) is 10.8. The first kappa shape index (κ1) is 40.6. The zero-order valence-electron chi connectivity index (χ0n) is 38.3. The quantitative estimate of drug-likeness (QED) is 0.151. The molecule has 7 heteroatoms. The molecule has 0 bridgehead atoms. The van der Waals surface area contributed by atoms with Crippen LogP contribution in [0.4, 0.5) is 11.4 Å². The fourth-order valence-corrected chi connectivity index (χ4v) is 10.8. The minimum atomic E-state index is -0.0435. The summed E-state index contributed by atoms with van der Waals surface area (Å²) in [4.78, 5) is 22.6. The molecule has 0 spiro atoms. The summed E-state index contributed by atoms with van der Waals surface area (Å²) in [6, 6.07) is 80.7. The van der Waals surface area contributed by atoms with E-state index in [0.717, 1.165) is 67.0 Å². The van der Waals surface area contributed by atoms with Crippen molar-refractivity contribution >= 4 is 39.5 Å². The highest BCUT2D eigenvalue weighted by atomic mass is 16.3. The van der Waals surface area contributed by atoms with Gasteiger partial charge in [0.05, 0.1) is 17.3 Å². The Labute approximate surface area is 410 Å². The van der Waals surface area contributed by atoms with Crippen LogP contribution in [-0.4, -0.2) is 24.5 Å². The average Bonchev–Trinajstić information content (AvgIpc) is 4.15. The Morgan fingerprint density at radius 1 is 0.423 bits per heavy atom. The van der Waals surface area contributed by atoms with E-state index in [1.807, 2.05) is 103 Å². The molecule has 3 aromatic heterocycles. The number of hydrogen-bond donors (Lipinski definition) is 0. The van der Waals surface area contributed by atoms with Crippen molar-refractivity contribution < 1.29 is 4.42 Å². The van der Waals surface area contributed by atoms with E-state index in [-0.39, 0.29) is 12.0 Å². The molecule has 0 N–H and O–H groups in total. The predicted octanol–water partition coefficient (Wildman–Crippen LogP) is 16.0. The molecule has 71 heavy (non-hydrogen) atoms. The maximum absolute atomic E-state index is 6.38. The van der Waals surface area contributed by atoms with Gasteiger partial charge in [0.1, 0.15) is 5.52 Å². The molecule has 0 saturated carbocycles. The van der Waals surface area contributed by atoms with Crippen LogP contribution < -0.4 is 4.90 Å². The Hall–Kier alpha value is -9.46. The summed E-state index contributed by atoms with van der Waals surface area (Å²) in [5, 5.41) is 1.23. The minimum Gasteiger partial charge on any atom is -0.435 e. The van der Waals surface area contributed by atoms with E-state index in [1.165, 1.54) is 33.4 Å². The summed E-state index contributed by atoms with van der Waals surface area (Å²) in [6.45, 7) is 0. The second kappa shape index (κ2) is 16.6. The van der Waals surface area contributed by atoms with Gasteiger partial charge >= 0.3 is 0 Å². The van der Waals surface area contributed by atoms with Crippen molar-refractivity contribution in [3.8, 4) is 73.6 Å². The van der Waals surface area contributed by atoms with Crippen LogP contribution in [0.3, 0.4) is 0 Å². The summed E-state index contributed by atoms with van der Waals surface area (Å²) < 4.78 is 8.87. The van der Waals surface area contributed by atoms with Gasteiger partial charge in [0, 0.05) is 61.7 Å². The van der Waals surface area contributed by atoms with Crippen LogP contribution >= 0.6 is 0 Å². The topological polar surface area (TPSA) is 72.9 Å². The summed E-state index contributed by atoms with van der Waals surface area (Å²) in [5.74, 6) is 2.64. The van der Waals surface area contributed by atoms with Crippen LogP contribution in [0, 0.1) is 0 Å². The van der Waals surface area contributed by atoms with Crippen LogP contribution in [0.5, 0.6) is 0 Å². The van der Waals surface area contributed by atoms with Crippen LogP contribution in [0.2, 0.25) is 0 Å². The van der Waals surface area contributed by atoms with E-state index in [2.05, 4.69) is 149 Å². The highest BCUT2D eigenvalue weighted by molar-refractivity contribution is 5.96. The van der Waals surface area contributed by atoms with Crippen molar-refractivity contribution in [3.05, 3.63) is 253 Å². The molecule has 0 radical (unpaired) electrons. The standard InChI is InChI=1S/C64H42N6O/c1-4-16-44(17-5-1)61-66-62(45-18-6-2-7-19-45)68-63(67-61)47-22-14-23-49(40-47)70-57-29-13-11-25-52(57)54-39-38-53-51-24-10-12-28-56(51)69(58(53)59(54)70)48-36-34-42(35-37-48)41-30-32-43(33-31-41)50-26-15-27-55-60(50)71-64(65-55)46-20-8-3-9-21-46/h1-40,54,59H. The van der Waals surface area contributed by atoms with Crippen molar-refractivity contribution in [1.82, 2.24) is 24.5 Å². The van der Waals surface area contributed by atoms with Crippen molar-refractivity contribution in [1.29, 1.82) is 0 Å². The molecule has 14 rings (SSSR count). The molecular formula is C64H42N6O. The average molecular weight is 911 g/mol. The molecule has 7 nitrogen and oxygen atoms in total. The van der Waals surface area contributed by atoms with Gasteiger partial charge in [-0.05, 0) is 76.9 Å². The number of anilines is 2. The van der Waals surface area contributed by atoms with Gasteiger partial charge in [0.2, 0.25) is 5.89 Å². The third-order valence-electron chi connectivity index (χ3n) is 14.0. The summed E-state index contributed by atoms with van der Waals surface area (Å²) in [6.07, 6.45) is 4.76. The highest BCUT2D eigenvalue weighted by Gasteiger charge is 2.44. The van der Waals surface area contributed by atoms with Gasteiger partial charge in [0.25, 0.3) is 0 Å². The predicted molar refractivity (Wildman–Crippen MR) is 286 cm³/mol. The maximum atomic E-state index is 6.38. The van der Waals surface area contributed by atoms with E-state index >= 15 is 0 Å². The number of fused-ring (bicyclic) bond motifs is 8. The van der Waals surface area contributed by atoms with E-state index in [1.54, 1.807) is 0 Å². The first-order valence-corrected chi connectivity index (χ1v) is 24.0. The number of hydrogen-bond acceptors (Lipinski definition) is 6. The number of para-hydroxylation sites is 3. The molecule has 2 atom stereocenters. The van der Waals surface area contributed by atoms with Crippen molar-refractivity contribution in [2.24, 2.45) is 0 Å². The number of aromatic nitrogens is 5. The highest BCUT2D eigenvalue weighted by Crippen LogP contribution is 2.57. The molecule has 334 valence electrons. The van der Waals surface area contributed by atoms with E-state index in [9.17, 15) is 0 Å². The second-order valence-corrected chi connectivity index (χ2v) is 18.2. The van der Waals surface area contributed by atoms with E-state index in [0.29, 0.717) is 23.4 Å². The second-order valence-electron chi connectivity index (χ2n) is 18.2. The third-order valence-corrected chi connectivity index (χ3v) is 14.0. The van der Waals surface area contributed by atoms with Gasteiger partial charge in [-0.2, -0.15) is 0 Å². The van der Waals surface area contributed by atoms with Crippen LogP contribution in [0.25, 0.3) is 102 Å². The van der Waals surface area contributed by atoms with Crippen LogP contribution in [0.15, 0.2) is 241 Å². The zero-order valence-corrected chi connectivity index (χ0v) is 38.3. The largest absolute Gasteiger partial charge is 0.435 e. The molecule has 1 aliphatic heterocycles. The van der Waals surface area contributed by atoms with E-state index in [4.69, 9.17) is 24.4 Å².